The molecule has 17 heavy (non-hydrogen) atoms. The molecule has 0 unspecified atom stereocenters. The predicted octanol–water partition coefficient (Wildman–Crippen LogP) is -0.474. The summed E-state index contributed by atoms with van der Waals surface area (Å²) in [5, 5.41) is 17.7. The Kier molecular flexibility index (Phi) is 5.12. The number of halogens is 1. The number of benzene rings is 1. The van der Waals surface area contributed by atoms with Gasteiger partial charge in [0, 0.05) is 13.1 Å². The van der Waals surface area contributed by atoms with Crippen LogP contribution in [0.5, 0.6) is 0 Å². The van der Waals surface area contributed by atoms with Gasteiger partial charge >= 0.3 is 7.12 Å². The summed E-state index contributed by atoms with van der Waals surface area (Å²) in [6, 6.07) is 4.06. The van der Waals surface area contributed by atoms with Gasteiger partial charge in [0.1, 0.15) is 5.82 Å². The predicted molar refractivity (Wildman–Crippen MR) is 63.2 cm³/mol. The first-order valence-electron chi connectivity index (χ1n) is 5.42. The molecule has 1 rings (SSSR count). The smallest absolute Gasteiger partial charge is 0.423 e. The van der Waals surface area contributed by atoms with E-state index in [0.717, 1.165) is 12.5 Å². The van der Waals surface area contributed by atoms with Gasteiger partial charge < -0.3 is 14.9 Å². The molecule has 0 saturated carbocycles. The number of likely N-dealkylation sites (N-methyl/N-ethyl adjacent to an activating group) is 1. The molecule has 0 fully saturated rings. The van der Waals surface area contributed by atoms with Gasteiger partial charge in [0.2, 0.25) is 6.41 Å². The fourth-order valence-electron chi connectivity index (χ4n) is 1.48. The van der Waals surface area contributed by atoms with Gasteiger partial charge in [-0.05, 0) is 30.4 Å². The largest absolute Gasteiger partial charge is 0.488 e. The molecule has 0 radical (unpaired) electrons. The molecule has 1 aromatic carbocycles. The van der Waals surface area contributed by atoms with Crippen LogP contribution in [0.1, 0.15) is 12.5 Å². The molecule has 0 atom stereocenters. The molecule has 4 nitrogen and oxygen atoms in total. The summed E-state index contributed by atoms with van der Waals surface area (Å²) in [5.41, 5.74) is 0.573. The Morgan fingerprint density at radius 1 is 1.47 bits per heavy atom. The average molecular weight is 239 g/mol. The monoisotopic (exact) mass is 239 g/mol. The Morgan fingerprint density at radius 3 is 2.65 bits per heavy atom. The zero-order valence-electron chi connectivity index (χ0n) is 9.64. The van der Waals surface area contributed by atoms with Crippen molar-refractivity contribution in [2.75, 3.05) is 13.1 Å². The van der Waals surface area contributed by atoms with E-state index in [4.69, 9.17) is 10.0 Å². The molecule has 6 heteroatoms. The van der Waals surface area contributed by atoms with Crippen molar-refractivity contribution in [2.45, 2.75) is 13.3 Å². The van der Waals surface area contributed by atoms with Crippen molar-refractivity contribution in [3.63, 3.8) is 0 Å². The first-order valence-corrected chi connectivity index (χ1v) is 5.42. The van der Waals surface area contributed by atoms with Crippen molar-refractivity contribution in [1.29, 1.82) is 0 Å². The van der Waals surface area contributed by atoms with Gasteiger partial charge in [-0.15, -0.1) is 0 Å². The molecule has 0 saturated heterocycles. The maximum Gasteiger partial charge on any atom is 0.488 e. The fraction of sp³-hybridized carbons (Fsp3) is 0.364. The molecule has 92 valence electrons. The second-order valence-corrected chi connectivity index (χ2v) is 3.71. The van der Waals surface area contributed by atoms with Crippen molar-refractivity contribution in [3.8, 4) is 0 Å². The van der Waals surface area contributed by atoms with Gasteiger partial charge in [-0.3, -0.25) is 4.79 Å². The number of nitrogens with zero attached hydrogens (tertiary/aromatic N) is 1. The van der Waals surface area contributed by atoms with E-state index >= 15 is 0 Å². The molecular formula is C11H15BFNO3. The molecule has 0 aliphatic carbocycles. The normalized spacial score (nSPS) is 10.1. The zero-order valence-corrected chi connectivity index (χ0v) is 9.64. The van der Waals surface area contributed by atoms with Crippen LogP contribution in [0.25, 0.3) is 0 Å². The summed E-state index contributed by atoms with van der Waals surface area (Å²) in [7, 11) is -1.67. The Bertz CT molecular complexity index is 387. The second-order valence-electron chi connectivity index (χ2n) is 3.71. The van der Waals surface area contributed by atoms with Crippen molar-refractivity contribution in [1.82, 2.24) is 4.90 Å². The van der Waals surface area contributed by atoms with Crippen LogP contribution in [0.4, 0.5) is 4.39 Å². The molecule has 0 aliphatic rings. The van der Waals surface area contributed by atoms with E-state index in [9.17, 15) is 9.18 Å². The number of hydrogen-bond acceptors (Lipinski definition) is 3. The lowest BCUT2D eigenvalue weighted by molar-refractivity contribution is -0.117. The maximum absolute atomic E-state index is 13.5. The number of carbonyl (C=O) groups excluding carboxylic acids is 1. The lowest BCUT2D eigenvalue weighted by Crippen LogP contribution is -2.30. The third kappa shape index (κ3) is 3.83. The van der Waals surface area contributed by atoms with E-state index in [1.54, 1.807) is 0 Å². The van der Waals surface area contributed by atoms with Crippen molar-refractivity contribution >= 4 is 19.0 Å². The van der Waals surface area contributed by atoms with Crippen molar-refractivity contribution in [3.05, 3.63) is 29.6 Å². The highest BCUT2D eigenvalue weighted by Gasteiger charge is 2.13. The second kappa shape index (κ2) is 6.37. The summed E-state index contributed by atoms with van der Waals surface area (Å²) in [6.45, 7) is 2.87. The molecule has 0 bridgehead atoms. The standard InChI is InChI=1S/C11H15BFNO3/c1-2-14(8-15)6-5-9-3-4-10(12(16)17)7-11(9)13/h3-4,7-8,16-17H,2,5-6H2,1H3. The van der Waals surface area contributed by atoms with Gasteiger partial charge in [-0.2, -0.15) is 0 Å². The third-order valence-electron chi connectivity index (χ3n) is 2.60. The van der Waals surface area contributed by atoms with Gasteiger partial charge in [0.25, 0.3) is 0 Å². The summed E-state index contributed by atoms with van der Waals surface area (Å²) >= 11 is 0. The summed E-state index contributed by atoms with van der Waals surface area (Å²) in [6.07, 6.45) is 1.13. The van der Waals surface area contributed by atoms with Crippen LogP contribution < -0.4 is 5.46 Å². The first kappa shape index (κ1) is 13.7. The summed E-state index contributed by atoms with van der Waals surface area (Å²) < 4.78 is 13.5. The van der Waals surface area contributed by atoms with Crippen LogP contribution in [-0.4, -0.2) is 41.6 Å². The zero-order chi connectivity index (χ0) is 12.8. The molecule has 0 heterocycles. The van der Waals surface area contributed by atoms with E-state index in [0.29, 0.717) is 25.1 Å². The minimum absolute atomic E-state index is 0.119. The lowest BCUT2D eigenvalue weighted by Gasteiger charge is -2.14. The Hall–Kier alpha value is -1.40. The number of hydrogen-bond donors (Lipinski definition) is 2. The number of carbonyl (C=O) groups is 1. The summed E-state index contributed by atoms with van der Waals surface area (Å²) in [4.78, 5) is 12.1. The van der Waals surface area contributed by atoms with Crippen LogP contribution in [0.15, 0.2) is 18.2 Å². The first-order chi connectivity index (χ1) is 8.08. The quantitative estimate of drug-likeness (QED) is 0.521. The highest BCUT2D eigenvalue weighted by molar-refractivity contribution is 6.58. The molecule has 0 aromatic heterocycles. The van der Waals surface area contributed by atoms with Crippen LogP contribution in [0, 0.1) is 5.82 Å². The lowest BCUT2D eigenvalue weighted by atomic mass is 9.80. The SMILES string of the molecule is CCN(C=O)CCc1ccc(B(O)O)cc1F. The molecule has 1 aromatic rings. The highest BCUT2D eigenvalue weighted by Crippen LogP contribution is 2.06. The van der Waals surface area contributed by atoms with Crippen LogP contribution in [0.3, 0.4) is 0 Å². The van der Waals surface area contributed by atoms with Gasteiger partial charge in [-0.25, -0.2) is 4.39 Å². The molecular weight excluding hydrogens is 224 g/mol. The van der Waals surface area contributed by atoms with E-state index in [1.165, 1.54) is 17.0 Å². The highest BCUT2D eigenvalue weighted by atomic mass is 19.1. The van der Waals surface area contributed by atoms with Crippen molar-refractivity contribution < 1.29 is 19.2 Å². The van der Waals surface area contributed by atoms with Crippen molar-refractivity contribution in [2.24, 2.45) is 0 Å². The average Bonchev–Trinajstić information content (AvgIpc) is 2.31. The van der Waals surface area contributed by atoms with Crippen LogP contribution in [0.2, 0.25) is 0 Å². The number of rotatable bonds is 6. The minimum atomic E-state index is -1.67. The van der Waals surface area contributed by atoms with E-state index in [-0.39, 0.29) is 5.46 Å². The van der Waals surface area contributed by atoms with E-state index < -0.39 is 12.9 Å². The topological polar surface area (TPSA) is 60.8 Å². The number of amides is 1. The Balaban J connectivity index is 2.69. The molecule has 0 aliphatic heterocycles. The van der Waals surface area contributed by atoms with Gasteiger partial charge in [-0.1, -0.05) is 12.1 Å². The Labute approximate surface area is 99.8 Å². The maximum atomic E-state index is 13.5. The van der Waals surface area contributed by atoms with Gasteiger partial charge in [0.15, 0.2) is 0 Å². The fourth-order valence-corrected chi connectivity index (χ4v) is 1.48. The van der Waals surface area contributed by atoms with Crippen LogP contribution >= 0.6 is 0 Å². The minimum Gasteiger partial charge on any atom is -0.423 e. The summed E-state index contributed by atoms with van der Waals surface area (Å²) in [5.74, 6) is -0.488. The Morgan fingerprint density at radius 2 is 2.18 bits per heavy atom. The van der Waals surface area contributed by atoms with E-state index in [2.05, 4.69) is 0 Å². The molecule has 2 N–H and O–H groups in total. The van der Waals surface area contributed by atoms with E-state index in [1.807, 2.05) is 6.92 Å². The van der Waals surface area contributed by atoms with Gasteiger partial charge in [0.05, 0.1) is 0 Å². The molecule has 1 amide bonds. The third-order valence-corrected chi connectivity index (χ3v) is 2.60. The van der Waals surface area contributed by atoms with Crippen LogP contribution in [-0.2, 0) is 11.2 Å². The molecule has 0 spiro atoms.